The smallest absolute Gasteiger partial charge is 0.0580 e. The Labute approximate surface area is 95.3 Å². The van der Waals surface area contributed by atoms with Crippen LogP contribution in [0.2, 0.25) is 0 Å². The molecule has 2 N–H and O–H groups in total. The fourth-order valence-corrected chi connectivity index (χ4v) is 2.98. The predicted molar refractivity (Wildman–Crippen MR) is 64.1 cm³/mol. The van der Waals surface area contributed by atoms with Gasteiger partial charge in [0, 0.05) is 17.5 Å². The van der Waals surface area contributed by atoms with E-state index in [2.05, 4.69) is 29.8 Å². The number of hydrogen-bond acceptors (Lipinski definition) is 3. The maximum Gasteiger partial charge on any atom is 0.0580 e. The van der Waals surface area contributed by atoms with E-state index in [1.807, 2.05) is 0 Å². The summed E-state index contributed by atoms with van der Waals surface area (Å²) < 4.78 is 0. The molecule has 1 fully saturated rings. The third kappa shape index (κ3) is 2.80. The molecule has 2 rings (SSSR count). The van der Waals surface area contributed by atoms with Gasteiger partial charge in [-0.15, -0.1) is 11.3 Å². The molecule has 0 bridgehead atoms. The van der Waals surface area contributed by atoms with Crippen LogP contribution >= 0.6 is 11.3 Å². The van der Waals surface area contributed by atoms with Gasteiger partial charge in [0.15, 0.2) is 0 Å². The molecule has 3 unspecified atom stereocenters. The minimum absolute atomic E-state index is 0.0759. The van der Waals surface area contributed by atoms with E-state index in [1.54, 1.807) is 11.3 Å². The van der Waals surface area contributed by atoms with Crippen LogP contribution in [0.5, 0.6) is 0 Å². The van der Waals surface area contributed by atoms with Gasteiger partial charge in [0.2, 0.25) is 0 Å². The predicted octanol–water partition coefficient (Wildman–Crippen LogP) is 2.56. The Balaban J connectivity index is 1.78. The van der Waals surface area contributed by atoms with E-state index in [4.69, 9.17) is 0 Å². The molecule has 84 valence electrons. The second-order valence-electron chi connectivity index (χ2n) is 4.40. The van der Waals surface area contributed by atoms with Gasteiger partial charge in [-0.25, -0.2) is 0 Å². The van der Waals surface area contributed by atoms with Crippen LogP contribution in [0.3, 0.4) is 0 Å². The maximum absolute atomic E-state index is 9.70. The molecule has 1 aliphatic rings. The molecule has 0 aromatic carbocycles. The second kappa shape index (κ2) is 5.10. The number of nitrogens with one attached hydrogen (secondary N) is 1. The van der Waals surface area contributed by atoms with Crippen LogP contribution in [-0.2, 0) is 0 Å². The summed E-state index contributed by atoms with van der Waals surface area (Å²) in [4.78, 5) is 1.38. The van der Waals surface area contributed by atoms with E-state index >= 15 is 0 Å². The van der Waals surface area contributed by atoms with E-state index < -0.39 is 0 Å². The van der Waals surface area contributed by atoms with Crippen LogP contribution in [0.1, 0.15) is 37.1 Å². The van der Waals surface area contributed by atoms with Gasteiger partial charge >= 0.3 is 0 Å². The van der Waals surface area contributed by atoms with Gasteiger partial charge in [0.25, 0.3) is 0 Å². The van der Waals surface area contributed by atoms with Crippen LogP contribution in [0.4, 0.5) is 0 Å². The molecular weight excluding hydrogens is 206 g/mol. The van der Waals surface area contributed by atoms with E-state index in [-0.39, 0.29) is 6.10 Å². The summed E-state index contributed by atoms with van der Waals surface area (Å²) in [6.07, 6.45) is 3.26. The summed E-state index contributed by atoms with van der Waals surface area (Å²) in [6.45, 7) is 3.13. The lowest BCUT2D eigenvalue weighted by molar-refractivity contribution is 0.130. The highest BCUT2D eigenvalue weighted by Gasteiger charge is 2.25. The van der Waals surface area contributed by atoms with Crippen molar-refractivity contribution >= 4 is 11.3 Å². The molecule has 15 heavy (non-hydrogen) atoms. The third-order valence-corrected chi connectivity index (χ3v) is 4.33. The molecule has 1 heterocycles. The maximum atomic E-state index is 9.70. The Morgan fingerprint density at radius 3 is 3.07 bits per heavy atom. The van der Waals surface area contributed by atoms with E-state index in [1.165, 1.54) is 17.7 Å². The molecule has 1 saturated carbocycles. The topological polar surface area (TPSA) is 32.3 Å². The summed E-state index contributed by atoms with van der Waals surface area (Å²) >= 11 is 1.79. The number of aliphatic hydroxyl groups is 1. The first-order chi connectivity index (χ1) is 7.27. The van der Waals surface area contributed by atoms with Crippen LogP contribution in [0.15, 0.2) is 17.5 Å². The number of rotatable bonds is 4. The lowest BCUT2D eigenvalue weighted by Gasteiger charge is -2.18. The number of thiophene rings is 1. The van der Waals surface area contributed by atoms with Crippen molar-refractivity contribution in [3.63, 3.8) is 0 Å². The number of aliphatic hydroxyl groups excluding tert-OH is 1. The fourth-order valence-electron chi connectivity index (χ4n) is 2.22. The Morgan fingerprint density at radius 2 is 2.47 bits per heavy atom. The molecule has 0 saturated heterocycles. The van der Waals surface area contributed by atoms with E-state index in [9.17, 15) is 5.11 Å². The first-order valence-corrected chi connectivity index (χ1v) is 6.60. The number of hydrogen-bond donors (Lipinski definition) is 2. The molecule has 1 aliphatic carbocycles. The highest BCUT2D eigenvalue weighted by atomic mass is 32.1. The second-order valence-corrected chi connectivity index (χ2v) is 5.38. The van der Waals surface area contributed by atoms with Crippen LogP contribution in [0, 0.1) is 5.92 Å². The first kappa shape index (κ1) is 11.1. The Bertz CT molecular complexity index is 286. The van der Waals surface area contributed by atoms with Crippen molar-refractivity contribution in [2.75, 3.05) is 6.54 Å². The van der Waals surface area contributed by atoms with E-state index in [0.29, 0.717) is 12.0 Å². The lowest BCUT2D eigenvalue weighted by atomic mass is 10.1. The molecule has 0 radical (unpaired) electrons. The van der Waals surface area contributed by atoms with E-state index in [0.717, 1.165) is 13.0 Å². The van der Waals surface area contributed by atoms with Crippen molar-refractivity contribution in [2.45, 2.75) is 38.3 Å². The molecule has 0 aliphatic heterocycles. The van der Waals surface area contributed by atoms with Gasteiger partial charge in [0.05, 0.1) is 6.10 Å². The summed E-state index contributed by atoms with van der Waals surface area (Å²) in [5.74, 6) is 0.465. The standard InChI is InChI=1S/C12H19NOS/c1-9(12-6-3-7-15-12)13-8-10-4-2-5-11(10)14/h3,6-7,9-11,13-14H,2,4-5,8H2,1H3. The SMILES string of the molecule is CC(NCC1CCCC1O)c1cccs1. The van der Waals surface area contributed by atoms with Gasteiger partial charge in [-0.1, -0.05) is 12.5 Å². The zero-order valence-corrected chi connectivity index (χ0v) is 9.96. The average molecular weight is 225 g/mol. The van der Waals surface area contributed by atoms with Crippen molar-refractivity contribution in [1.82, 2.24) is 5.32 Å². The van der Waals surface area contributed by atoms with Crippen molar-refractivity contribution in [3.05, 3.63) is 22.4 Å². The Morgan fingerprint density at radius 1 is 1.60 bits per heavy atom. The molecule has 0 spiro atoms. The summed E-state index contributed by atoms with van der Waals surface area (Å²) in [6, 6.07) is 4.66. The molecule has 3 atom stereocenters. The quantitative estimate of drug-likeness (QED) is 0.825. The average Bonchev–Trinajstić information content (AvgIpc) is 2.85. The molecule has 1 aromatic heterocycles. The highest BCUT2D eigenvalue weighted by Crippen LogP contribution is 2.26. The van der Waals surface area contributed by atoms with Crippen LogP contribution in [-0.4, -0.2) is 17.8 Å². The molecule has 1 aromatic rings. The van der Waals surface area contributed by atoms with Gasteiger partial charge in [-0.2, -0.15) is 0 Å². The summed E-state index contributed by atoms with van der Waals surface area (Å²) in [5.41, 5.74) is 0. The Hall–Kier alpha value is -0.380. The zero-order chi connectivity index (χ0) is 10.7. The normalized spacial score (nSPS) is 28.1. The highest BCUT2D eigenvalue weighted by molar-refractivity contribution is 7.10. The van der Waals surface area contributed by atoms with Crippen LogP contribution in [0.25, 0.3) is 0 Å². The molecule has 0 amide bonds. The third-order valence-electron chi connectivity index (χ3n) is 3.28. The Kier molecular flexibility index (Phi) is 3.78. The minimum atomic E-state index is -0.0759. The molecular formula is C12H19NOS. The van der Waals surface area contributed by atoms with Gasteiger partial charge in [0.1, 0.15) is 0 Å². The van der Waals surface area contributed by atoms with Gasteiger partial charge in [-0.05, 0) is 37.1 Å². The first-order valence-electron chi connectivity index (χ1n) is 5.72. The van der Waals surface area contributed by atoms with Crippen LogP contribution < -0.4 is 5.32 Å². The van der Waals surface area contributed by atoms with Crippen molar-refractivity contribution in [3.8, 4) is 0 Å². The molecule has 2 nitrogen and oxygen atoms in total. The summed E-state index contributed by atoms with van der Waals surface area (Å²) in [7, 11) is 0. The lowest BCUT2D eigenvalue weighted by Crippen LogP contribution is -2.29. The van der Waals surface area contributed by atoms with Crippen molar-refractivity contribution in [1.29, 1.82) is 0 Å². The molecule has 3 heteroatoms. The van der Waals surface area contributed by atoms with Gasteiger partial charge in [-0.3, -0.25) is 0 Å². The summed E-state index contributed by atoms with van der Waals surface area (Å²) in [5, 5.41) is 15.3. The minimum Gasteiger partial charge on any atom is -0.393 e. The fraction of sp³-hybridized carbons (Fsp3) is 0.667. The monoisotopic (exact) mass is 225 g/mol. The zero-order valence-electron chi connectivity index (χ0n) is 9.15. The largest absolute Gasteiger partial charge is 0.393 e. The van der Waals surface area contributed by atoms with Crippen molar-refractivity contribution < 1.29 is 5.11 Å². The van der Waals surface area contributed by atoms with Crippen molar-refractivity contribution in [2.24, 2.45) is 5.92 Å². The van der Waals surface area contributed by atoms with Gasteiger partial charge < -0.3 is 10.4 Å².